The molecule has 16 heavy (non-hydrogen) atoms. The van der Waals surface area contributed by atoms with Crippen LogP contribution in [0.4, 0.5) is 0 Å². The standard InChI is InChI=1S/C11H16BrNO3/c1-15-10-5-7(9(14)3-4-13)8(12)6-11(10)16-2/h5-6,9,14H,3-4,13H2,1-2H3. The van der Waals surface area contributed by atoms with Crippen molar-refractivity contribution in [3.63, 3.8) is 0 Å². The van der Waals surface area contributed by atoms with Crippen LogP contribution in [0, 0.1) is 0 Å². The van der Waals surface area contributed by atoms with Crippen LogP contribution in [0.1, 0.15) is 18.1 Å². The van der Waals surface area contributed by atoms with E-state index in [4.69, 9.17) is 15.2 Å². The molecule has 1 rings (SSSR count). The van der Waals surface area contributed by atoms with E-state index < -0.39 is 6.10 Å². The van der Waals surface area contributed by atoms with Crippen molar-refractivity contribution in [3.8, 4) is 11.5 Å². The molecule has 1 unspecified atom stereocenters. The quantitative estimate of drug-likeness (QED) is 0.868. The topological polar surface area (TPSA) is 64.7 Å². The summed E-state index contributed by atoms with van der Waals surface area (Å²) in [6.07, 6.45) is -0.0900. The highest BCUT2D eigenvalue weighted by Crippen LogP contribution is 2.36. The minimum Gasteiger partial charge on any atom is -0.493 e. The summed E-state index contributed by atoms with van der Waals surface area (Å²) in [5.74, 6) is 1.22. The zero-order valence-electron chi connectivity index (χ0n) is 9.37. The van der Waals surface area contributed by atoms with Gasteiger partial charge in [0, 0.05) is 4.47 Å². The first-order chi connectivity index (χ1) is 7.63. The van der Waals surface area contributed by atoms with Gasteiger partial charge in [-0.15, -0.1) is 0 Å². The van der Waals surface area contributed by atoms with Crippen LogP contribution < -0.4 is 15.2 Å². The summed E-state index contributed by atoms with van der Waals surface area (Å²) in [7, 11) is 3.13. The Kier molecular flexibility index (Phi) is 5.05. The molecule has 0 aliphatic heterocycles. The lowest BCUT2D eigenvalue weighted by Gasteiger charge is -2.15. The molecule has 0 saturated carbocycles. The first-order valence-corrected chi connectivity index (χ1v) is 5.72. The molecule has 0 aliphatic carbocycles. The Morgan fingerprint density at radius 2 is 1.88 bits per heavy atom. The van der Waals surface area contributed by atoms with Gasteiger partial charge in [-0.25, -0.2) is 0 Å². The van der Waals surface area contributed by atoms with Gasteiger partial charge in [-0.3, -0.25) is 0 Å². The van der Waals surface area contributed by atoms with Crippen molar-refractivity contribution in [3.05, 3.63) is 22.2 Å². The maximum atomic E-state index is 9.88. The second kappa shape index (κ2) is 6.08. The summed E-state index contributed by atoms with van der Waals surface area (Å²) < 4.78 is 11.1. The molecular weight excluding hydrogens is 274 g/mol. The number of hydrogen-bond donors (Lipinski definition) is 2. The van der Waals surface area contributed by atoms with Gasteiger partial charge in [-0.2, -0.15) is 0 Å². The first kappa shape index (κ1) is 13.3. The monoisotopic (exact) mass is 289 g/mol. The number of aliphatic hydroxyl groups excluding tert-OH is 1. The molecule has 90 valence electrons. The van der Waals surface area contributed by atoms with Gasteiger partial charge >= 0.3 is 0 Å². The maximum Gasteiger partial charge on any atom is 0.161 e. The first-order valence-electron chi connectivity index (χ1n) is 4.93. The van der Waals surface area contributed by atoms with Crippen LogP contribution in [0.3, 0.4) is 0 Å². The predicted octanol–water partition coefficient (Wildman–Crippen LogP) is 1.85. The van der Waals surface area contributed by atoms with Crippen LogP contribution in [0.5, 0.6) is 11.5 Å². The summed E-state index contributed by atoms with van der Waals surface area (Å²) in [5.41, 5.74) is 6.17. The van der Waals surface area contributed by atoms with E-state index in [1.54, 1.807) is 26.4 Å². The van der Waals surface area contributed by atoms with Gasteiger partial charge < -0.3 is 20.3 Å². The van der Waals surface area contributed by atoms with Gasteiger partial charge in [-0.05, 0) is 30.7 Å². The molecule has 0 fully saturated rings. The minimum atomic E-state index is -0.598. The van der Waals surface area contributed by atoms with Crippen molar-refractivity contribution >= 4 is 15.9 Å². The summed E-state index contributed by atoms with van der Waals surface area (Å²) >= 11 is 3.39. The third kappa shape index (κ3) is 2.87. The van der Waals surface area contributed by atoms with E-state index in [2.05, 4.69) is 15.9 Å². The zero-order valence-corrected chi connectivity index (χ0v) is 11.0. The summed E-state index contributed by atoms with van der Waals surface area (Å²) in [4.78, 5) is 0. The lowest BCUT2D eigenvalue weighted by atomic mass is 10.1. The Morgan fingerprint density at radius 3 is 2.38 bits per heavy atom. The number of hydrogen-bond acceptors (Lipinski definition) is 4. The van der Waals surface area contributed by atoms with Crippen molar-refractivity contribution < 1.29 is 14.6 Å². The van der Waals surface area contributed by atoms with Gasteiger partial charge in [0.2, 0.25) is 0 Å². The molecule has 0 bridgehead atoms. The summed E-state index contributed by atoms with van der Waals surface area (Å²) in [6, 6.07) is 3.52. The Morgan fingerprint density at radius 1 is 1.31 bits per heavy atom. The van der Waals surface area contributed by atoms with Crippen LogP contribution in [-0.4, -0.2) is 25.9 Å². The number of rotatable bonds is 5. The average molecular weight is 290 g/mol. The second-order valence-electron chi connectivity index (χ2n) is 3.32. The molecule has 0 spiro atoms. The van der Waals surface area contributed by atoms with E-state index in [0.717, 1.165) is 10.0 Å². The largest absolute Gasteiger partial charge is 0.493 e. The number of benzene rings is 1. The lowest BCUT2D eigenvalue weighted by Crippen LogP contribution is -2.07. The molecule has 0 radical (unpaired) electrons. The molecule has 0 saturated heterocycles. The van der Waals surface area contributed by atoms with Crippen molar-refractivity contribution in [2.24, 2.45) is 5.73 Å². The Hall–Kier alpha value is -0.780. The molecule has 0 amide bonds. The predicted molar refractivity (Wildman–Crippen MR) is 65.9 cm³/mol. The van der Waals surface area contributed by atoms with E-state index >= 15 is 0 Å². The number of aliphatic hydroxyl groups is 1. The van der Waals surface area contributed by atoms with Gasteiger partial charge in [0.1, 0.15) is 0 Å². The van der Waals surface area contributed by atoms with Gasteiger partial charge in [0.25, 0.3) is 0 Å². The van der Waals surface area contributed by atoms with E-state index in [-0.39, 0.29) is 0 Å². The normalized spacial score (nSPS) is 12.3. The molecule has 4 nitrogen and oxygen atoms in total. The van der Waals surface area contributed by atoms with Gasteiger partial charge in [0.15, 0.2) is 11.5 Å². The fraction of sp³-hybridized carbons (Fsp3) is 0.455. The van der Waals surface area contributed by atoms with Crippen LogP contribution in [0.25, 0.3) is 0 Å². The molecule has 5 heteroatoms. The molecule has 0 aliphatic rings. The number of nitrogens with two attached hydrogens (primary N) is 1. The van der Waals surface area contributed by atoms with Crippen molar-refractivity contribution in [2.45, 2.75) is 12.5 Å². The van der Waals surface area contributed by atoms with E-state index in [9.17, 15) is 5.11 Å². The fourth-order valence-electron chi connectivity index (χ4n) is 1.44. The van der Waals surface area contributed by atoms with Crippen molar-refractivity contribution in [1.29, 1.82) is 0 Å². The fourth-order valence-corrected chi connectivity index (χ4v) is 2.03. The summed E-state index contributed by atoms with van der Waals surface area (Å²) in [6.45, 7) is 0.432. The van der Waals surface area contributed by atoms with E-state index in [1.807, 2.05) is 0 Å². The van der Waals surface area contributed by atoms with E-state index in [1.165, 1.54) is 0 Å². The molecule has 1 aromatic rings. The number of halogens is 1. The maximum absolute atomic E-state index is 9.88. The van der Waals surface area contributed by atoms with Crippen molar-refractivity contribution in [1.82, 2.24) is 0 Å². The molecule has 3 N–H and O–H groups in total. The molecular formula is C11H16BrNO3. The average Bonchev–Trinajstić information content (AvgIpc) is 2.28. The number of ether oxygens (including phenoxy) is 2. The van der Waals surface area contributed by atoms with Crippen molar-refractivity contribution in [2.75, 3.05) is 20.8 Å². The molecule has 1 aromatic carbocycles. The third-order valence-corrected chi connectivity index (χ3v) is 2.99. The van der Waals surface area contributed by atoms with Crippen LogP contribution >= 0.6 is 15.9 Å². The highest BCUT2D eigenvalue weighted by molar-refractivity contribution is 9.10. The van der Waals surface area contributed by atoms with E-state index in [0.29, 0.717) is 24.5 Å². The molecule has 1 atom stereocenters. The van der Waals surface area contributed by atoms with Gasteiger partial charge in [-0.1, -0.05) is 15.9 Å². The van der Waals surface area contributed by atoms with Gasteiger partial charge in [0.05, 0.1) is 20.3 Å². The van der Waals surface area contributed by atoms with Crippen LogP contribution in [0.2, 0.25) is 0 Å². The van der Waals surface area contributed by atoms with Crippen LogP contribution in [0.15, 0.2) is 16.6 Å². The molecule has 0 heterocycles. The highest BCUT2D eigenvalue weighted by Gasteiger charge is 2.15. The van der Waals surface area contributed by atoms with Crippen LogP contribution in [-0.2, 0) is 0 Å². The zero-order chi connectivity index (χ0) is 12.1. The minimum absolute atomic E-state index is 0.432. The Balaban J connectivity index is 3.10. The Bertz CT molecular complexity index is 357. The molecule has 0 aromatic heterocycles. The smallest absolute Gasteiger partial charge is 0.161 e. The third-order valence-electron chi connectivity index (χ3n) is 2.30. The lowest BCUT2D eigenvalue weighted by molar-refractivity contribution is 0.169. The SMILES string of the molecule is COc1cc(Br)c(C(O)CCN)cc1OC. The Labute approximate surface area is 103 Å². The second-order valence-corrected chi connectivity index (χ2v) is 4.18. The highest BCUT2D eigenvalue weighted by atomic mass is 79.9. The number of methoxy groups -OCH3 is 2. The summed E-state index contributed by atoms with van der Waals surface area (Å²) in [5, 5.41) is 9.88.